The summed E-state index contributed by atoms with van der Waals surface area (Å²) >= 11 is 0. The second-order valence-electron chi connectivity index (χ2n) is 3.15. The van der Waals surface area contributed by atoms with Gasteiger partial charge in [-0.2, -0.15) is 0 Å². The first-order chi connectivity index (χ1) is 6.77. The molecule has 0 saturated heterocycles. The molecule has 0 aliphatic carbocycles. The van der Waals surface area contributed by atoms with Gasteiger partial charge in [0.2, 0.25) is 0 Å². The Bertz CT molecular complexity index is 303. The van der Waals surface area contributed by atoms with E-state index in [1.165, 1.54) is 0 Å². The fourth-order valence-electron chi connectivity index (χ4n) is 1.35. The molecule has 1 aromatic rings. The highest BCUT2D eigenvalue weighted by Gasteiger charge is 2.11. The van der Waals surface area contributed by atoms with E-state index >= 15 is 0 Å². The van der Waals surface area contributed by atoms with Gasteiger partial charge >= 0.3 is 0 Å². The number of carbonyl (C=O) groups is 1. The van der Waals surface area contributed by atoms with E-state index in [2.05, 4.69) is 6.58 Å². The van der Waals surface area contributed by atoms with Gasteiger partial charge < -0.3 is 5.11 Å². The van der Waals surface area contributed by atoms with Gasteiger partial charge in [0, 0.05) is 12.3 Å². The summed E-state index contributed by atoms with van der Waals surface area (Å²) < 4.78 is 0. The predicted molar refractivity (Wildman–Crippen MR) is 56.1 cm³/mol. The summed E-state index contributed by atoms with van der Waals surface area (Å²) in [4.78, 5) is 11.1. The van der Waals surface area contributed by atoms with Crippen molar-refractivity contribution in [3.63, 3.8) is 0 Å². The minimum atomic E-state index is -0.392. The summed E-state index contributed by atoms with van der Waals surface area (Å²) in [5.74, 6) is -0.144. The maximum Gasteiger partial charge on any atom is 0.159 e. The molecule has 1 rings (SSSR count). The fourth-order valence-corrected chi connectivity index (χ4v) is 1.35. The van der Waals surface area contributed by atoms with Crippen LogP contribution in [0.15, 0.2) is 43.0 Å². The molecule has 0 aliphatic heterocycles. The molecule has 0 aromatic heterocycles. The summed E-state index contributed by atoms with van der Waals surface area (Å²) in [7, 11) is 0. The molecule has 0 aliphatic rings. The normalized spacial score (nSPS) is 12.1. The van der Waals surface area contributed by atoms with Crippen molar-refractivity contribution in [3.8, 4) is 0 Å². The van der Waals surface area contributed by atoms with Gasteiger partial charge in [-0.1, -0.05) is 36.4 Å². The Kier molecular flexibility index (Phi) is 4.08. The average molecular weight is 190 g/mol. The van der Waals surface area contributed by atoms with E-state index in [4.69, 9.17) is 5.11 Å². The first kappa shape index (κ1) is 10.7. The maximum absolute atomic E-state index is 11.1. The number of Topliss-reactive ketones (excluding diaryl/α,β-unsaturated/α-hetero) is 1. The lowest BCUT2D eigenvalue weighted by Crippen LogP contribution is -2.08. The molecule has 1 atom stereocenters. The number of carbonyl (C=O) groups excluding carboxylic acids is 1. The molecule has 0 heterocycles. The van der Waals surface area contributed by atoms with Crippen LogP contribution >= 0.6 is 0 Å². The lowest BCUT2D eigenvalue weighted by molar-refractivity contribution is -0.121. The third kappa shape index (κ3) is 2.82. The van der Waals surface area contributed by atoms with Crippen LogP contribution in [-0.4, -0.2) is 17.5 Å². The summed E-state index contributed by atoms with van der Waals surface area (Å²) in [6, 6.07) is 9.69. The number of benzene rings is 1. The molecule has 0 bridgehead atoms. The number of hydrogen-bond acceptors (Lipinski definition) is 2. The molecule has 1 N–H and O–H groups in total. The molecule has 0 fully saturated rings. The highest BCUT2D eigenvalue weighted by molar-refractivity contribution is 5.80. The molecule has 2 heteroatoms. The highest BCUT2D eigenvalue weighted by atomic mass is 16.3. The predicted octanol–water partition coefficient (Wildman–Crippen LogP) is 1.91. The number of rotatable bonds is 5. The van der Waals surface area contributed by atoms with Crippen LogP contribution in [0, 0.1) is 0 Å². The van der Waals surface area contributed by atoms with Gasteiger partial charge in [-0.05, 0) is 5.56 Å². The van der Waals surface area contributed by atoms with Gasteiger partial charge in [-0.15, -0.1) is 6.58 Å². The van der Waals surface area contributed by atoms with E-state index in [9.17, 15) is 4.79 Å². The van der Waals surface area contributed by atoms with Gasteiger partial charge in [-0.3, -0.25) is 4.79 Å². The molecular formula is C12H14O2. The first-order valence-electron chi connectivity index (χ1n) is 4.58. The standard InChI is InChI=1S/C12H14O2/c1-2-10(8-12(14)9-13)11-6-4-3-5-7-11/h2-7,10,13H,1,8-9H2/t10-/m1/s1. The molecule has 2 nitrogen and oxygen atoms in total. The quantitative estimate of drug-likeness (QED) is 0.720. The number of aliphatic hydroxyl groups excluding tert-OH is 1. The Balaban J connectivity index is 2.73. The largest absolute Gasteiger partial charge is 0.389 e. The van der Waals surface area contributed by atoms with Crippen LogP contribution in [0.3, 0.4) is 0 Å². The van der Waals surface area contributed by atoms with Crippen LogP contribution in [0.2, 0.25) is 0 Å². The van der Waals surface area contributed by atoms with Crippen molar-refractivity contribution in [2.45, 2.75) is 12.3 Å². The lowest BCUT2D eigenvalue weighted by atomic mass is 9.94. The second-order valence-corrected chi connectivity index (χ2v) is 3.15. The van der Waals surface area contributed by atoms with E-state index < -0.39 is 6.61 Å². The van der Waals surface area contributed by atoms with Crippen molar-refractivity contribution in [3.05, 3.63) is 48.6 Å². The smallest absolute Gasteiger partial charge is 0.159 e. The zero-order chi connectivity index (χ0) is 10.4. The van der Waals surface area contributed by atoms with Crippen molar-refractivity contribution >= 4 is 5.78 Å². The Morgan fingerprint density at radius 1 is 1.43 bits per heavy atom. The Morgan fingerprint density at radius 3 is 2.57 bits per heavy atom. The van der Waals surface area contributed by atoms with Crippen LogP contribution in [0.5, 0.6) is 0 Å². The molecule has 0 radical (unpaired) electrons. The van der Waals surface area contributed by atoms with Crippen molar-refractivity contribution in [2.75, 3.05) is 6.61 Å². The number of aliphatic hydroxyl groups is 1. The third-order valence-electron chi connectivity index (χ3n) is 2.14. The van der Waals surface area contributed by atoms with Crippen LogP contribution in [-0.2, 0) is 4.79 Å². The van der Waals surface area contributed by atoms with Crippen LogP contribution in [0.4, 0.5) is 0 Å². The third-order valence-corrected chi connectivity index (χ3v) is 2.14. The Labute approximate surface area is 83.9 Å². The van der Waals surface area contributed by atoms with Crippen molar-refractivity contribution in [1.82, 2.24) is 0 Å². The molecule has 14 heavy (non-hydrogen) atoms. The molecule has 0 spiro atoms. The Hall–Kier alpha value is -1.41. The summed E-state index contributed by atoms with van der Waals surface area (Å²) in [6.07, 6.45) is 2.06. The molecule has 74 valence electrons. The molecule has 0 unspecified atom stereocenters. The zero-order valence-corrected chi connectivity index (χ0v) is 8.02. The van der Waals surface area contributed by atoms with Gasteiger partial charge in [0.1, 0.15) is 6.61 Å². The van der Waals surface area contributed by atoms with Crippen molar-refractivity contribution in [1.29, 1.82) is 0 Å². The highest BCUT2D eigenvalue weighted by Crippen LogP contribution is 2.20. The first-order valence-corrected chi connectivity index (χ1v) is 4.58. The summed E-state index contributed by atoms with van der Waals surface area (Å²) in [6.45, 7) is 3.30. The van der Waals surface area contributed by atoms with Gasteiger partial charge in [0.25, 0.3) is 0 Å². The maximum atomic E-state index is 11.1. The summed E-state index contributed by atoms with van der Waals surface area (Å²) in [5.41, 5.74) is 1.06. The van der Waals surface area contributed by atoms with Gasteiger partial charge in [0.15, 0.2) is 5.78 Å². The number of hydrogen-bond donors (Lipinski definition) is 1. The topological polar surface area (TPSA) is 37.3 Å². The van der Waals surface area contributed by atoms with Crippen molar-refractivity contribution in [2.24, 2.45) is 0 Å². The SMILES string of the molecule is C=C[C@H](CC(=O)CO)c1ccccc1. The molecular weight excluding hydrogens is 176 g/mol. The van der Waals surface area contributed by atoms with E-state index in [1.54, 1.807) is 6.08 Å². The van der Waals surface area contributed by atoms with Crippen LogP contribution < -0.4 is 0 Å². The fraction of sp³-hybridized carbons (Fsp3) is 0.250. The molecule has 1 aromatic carbocycles. The minimum absolute atomic E-state index is 0.0100. The van der Waals surface area contributed by atoms with Gasteiger partial charge in [-0.25, -0.2) is 0 Å². The van der Waals surface area contributed by atoms with E-state index in [0.717, 1.165) is 5.56 Å². The summed E-state index contributed by atoms with van der Waals surface area (Å²) in [5, 5.41) is 8.64. The monoisotopic (exact) mass is 190 g/mol. The van der Waals surface area contributed by atoms with E-state index in [-0.39, 0.29) is 11.7 Å². The number of allylic oxidation sites excluding steroid dienone is 1. The second kappa shape index (κ2) is 5.35. The molecule has 0 saturated carbocycles. The van der Waals surface area contributed by atoms with Crippen molar-refractivity contribution < 1.29 is 9.90 Å². The lowest BCUT2D eigenvalue weighted by Gasteiger charge is -2.10. The zero-order valence-electron chi connectivity index (χ0n) is 8.02. The van der Waals surface area contributed by atoms with Crippen LogP contribution in [0.1, 0.15) is 17.9 Å². The van der Waals surface area contributed by atoms with Gasteiger partial charge in [0.05, 0.1) is 0 Å². The average Bonchev–Trinajstić information content (AvgIpc) is 2.26. The Morgan fingerprint density at radius 2 is 2.07 bits per heavy atom. The minimum Gasteiger partial charge on any atom is -0.389 e. The molecule has 0 amide bonds. The van der Waals surface area contributed by atoms with Crippen LogP contribution in [0.25, 0.3) is 0 Å². The van der Waals surface area contributed by atoms with E-state index in [0.29, 0.717) is 6.42 Å². The number of ketones is 1. The van der Waals surface area contributed by atoms with E-state index in [1.807, 2.05) is 30.3 Å².